The number of carbonyl (C=O) groups is 2. The maximum Gasteiger partial charge on any atom is 0.335 e. The summed E-state index contributed by atoms with van der Waals surface area (Å²) in [4.78, 5) is 26.0. The van der Waals surface area contributed by atoms with Gasteiger partial charge in [0.1, 0.15) is 0 Å². The van der Waals surface area contributed by atoms with Crippen LogP contribution in [0.5, 0.6) is 0 Å². The molecular formula is C14H17NO3S. The van der Waals surface area contributed by atoms with E-state index in [4.69, 9.17) is 5.11 Å². The lowest BCUT2D eigenvalue weighted by molar-refractivity contribution is -0.118. The molecule has 0 saturated heterocycles. The maximum atomic E-state index is 12.2. The first kappa shape index (κ1) is 13.9. The number of hydrogen-bond donors (Lipinski definition) is 1. The zero-order valence-electron chi connectivity index (χ0n) is 11.0. The van der Waals surface area contributed by atoms with Crippen molar-refractivity contribution in [1.82, 2.24) is 0 Å². The van der Waals surface area contributed by atoms with Crippen LogP contribution < -0.4 is 4.90 Å². The number of aromatic carboxylic acids is 1. The third kappa shape index (κ3) is 2.76. The molecule has 0 aromatic heterocycles. The first-order valence-corrected chi connectivity index (χ1v) is 7.28. The Labute approximate surface area is 116 Å². The fourth-order valence-corrected chi connectivity index (χ4v) is 3.13. The van der Waals surface area contributed by atoms with Crippen LogP contribution in [0, 0.1) is 0 Å². The number of carbonyl (C=O) groups excluding carboxylic acids is 1. The molecule has 0 fully saturated rings. The highest BCUT2D eigenvalue weighted by molar-refractivity contribution is 8.00. The zero-order chi connectivity index (χ0) is 14.0. The minimum absolute atomic E-state index is 0.0634. The Balaban J connectivity index is 2.41. The summed E-state index contributed by atoms with van der Waals surface area (Å²) in [5.41, 5.74) is 0.963. The standard InChI is InChI=1S/C14H17NO3S/c1-3-4-7-15-11-8-10(14(17)18)5-6-12(11)19-9(2)13(15)16/h5-6,8-9H,3-4,7H2,1-2H3,(H,17,18). The summed E-state index contributed by atoms with van der Waals surface area (Å²) in [6.45, 7) is 4.61. The summed E-state index contributed by atoms with van der Waals surface area (Å²) < 4.78 is 0. The van der Waals surface area contributed by atoms with Gasteiger partial charge in [-0.25, -0.2) is 4.79 Å². The van der Waals surface area contributed by atoms with E-state index in [1.54, 1.807) is 23.1 Å². The number of anilines is 1. The summed E-state index contributed by atoms with van der Waals surface area (Å²) in [5, 5.41) is 8.95. The Morgan fingerprint density at radius 2 is 2.21 bits per heavy atom. The minimum atomic E-state index is -0.964. The van der Waals surface area contributed by atoms with Gasteiger partial charge in [0.05, 0.1) is 16.5 Å². The molecule has 1 amide bonds. The van der Waals surface area contributed by atoms with E-state index in [0.29, 0.717) is 6.54 Å². The number of carboxylic acid groups (broad SMARTS) is 1. The summed E-state index contributed by atoms with van der Waals surface area (Å²) in [7, 11) is 0. The molecule has 0 spiro atoms. The molecule has 1 unspecified atom stereocenters. The van der Waals surface area contributed by atoms with E-state index in [2.05, 4.69) is 6.92 Å². The number of fused-ring (bicyclic) bond motifs is 1. The zero-order valence-corrected chi connectivity index (χ0v) is 11.9. The molecule has 102 valence electrons. The molecule has 1 aliphatic rings. The SMILES string of the molecule is CCCCN1C(=O)C(C)Sc2ccc(C(=O)O)cc21. The van der Waals surface area contributed by atoms with Crippen molar-refractivity contribution in [3.63, 3.8) is 0 Å². The average Bonchev–Trinajstić information content (AvgIpc) is 2.39. The molecule has 5 heteroatoms. The first-order chi connectivity index (χ1) is 9.04. The molecule has 0 aliphatic carbocycles. The van der Waals surface area contributed by atoms with Crippen LogP contribution >= 0.6 is 11.8 Å². The number of unbranched alkanes of at least 4 members (excludes halogenated alkanes) is 1. The average molecular weight is 279 g/mol. The summed E-state index contributed by atoms with van der Waals surface area (Å²) in [6, 6.07) is 4.99. The smallest absolute Gasteiger partial charge is 0.335 e. The minimum Gasteiger partial charge on any atom is -0.478 e. The second-order valence-corrected chi connectivity index (χ2v) is 5.97. The van der Waals surface area contributed by atoms with Crippen LogP contribution in [0.2, 0.25) is 0 Å². The highest BCUT2D eigenvalue weighted by Gasteiger charge is 2.30. The van der Waals surface area contributed by atoms with E-state index in [0.717, 1.165) is 23.4 Å². The Morgan fingerprint density at radius 1 is 1.47 bits per heavy atom. The molecule has 0 radical (unpaired) electrons. The van der Waals surface area contributed by atoms with Crippen LogP contribution in [-0.2, 0) is 4.79 Å². The summed E-state index contributed by atoms with van der Waals surface area (Å²) >= 11 is 1.49. The van der Waals surface area contributed by atoms with Gasteiger partial charge >= 0.3 is 5.97 Å². The van der Waals surface area contributed by atoms with Gasteiger partial charge < -0.3 is 10.0 Å². The van der Waals surface area contributed by atoms with Crippen LogP contribution in [0.1, 0.15) is 37.0 Å². The van der Waals surface area contributed by atoms with Gasteiger partial charge in [-0.05, 0) is 31.5 Å². The van der Waals surface area contributed by atoms with Crippen LogP contribution in [-0.4, -0.2) is 28.8 Å². The van der Waals surface area contributed by atoms with Crippen LogP contribution in [0.4, 0.5) is 5.69 Å². The third-order valence-corrected chi connectivity index (χ3v) is 4.30. The van der Waals surface area contributed by atoms with Crippen molar-refractivity contribution in [2.24, 2.45) is 0 Å². The second-order valence-electron chi connectivity index (χ2n) is 4.59. The molecule has 2 rings (SSSR count). The third-order valence-electron chi connectivity index (χ3n) is 3.15. The maximum absolute atomic E-state index is 12.2. The molecular weight excluding hydrogens is 262 g/mol. The van der Waals surface area contributed by atoms with Crippen LogP contribution in [0.25, 0.3) is 0 Å². The molecule has 1 aromatic carbocycles. The van der Waals surface area contributed by atoms with Gasteiger partial charge in [-0.1, -0.05) is 13.3 Å². The number of hydrogen-bond acceptors (Lipinski definition) is 3. The quantitative estimate of drug-likeness (QED) is 0.920. The van der Waals surface area contributed by atoms with E-state index in [-0.39, 0.29) is 16.7 Å². The largest absolute Gasteiger partial charge is 0.478 e. The van der Waals surface area contributed by atoms with Crippen LogP contribution in [0.15, 0.2) is 23.1 Å². The monoisotopic (exact) mass is 279 g/mol. The highest BCUT2D eigenvalue weighted by Crippen LogP contribution is 2.39. The molecule has 0 bridgehead atoms. The van der Waals surface area contributed by atoms with Gasteiger partial charge in [0.25, 0.3) is 0 Å². The van der Waals surface area contributed by atoms with E-state index in [9.17, 15) is 9.59 Å². The summed E-state index contributed by atoms with van der Waals surface area (Å²) in [5.74, 6) is -0.900. The number of amides is 1. The van der Waals surface area contributed by atoms with Gasteiger partial charge in [0.2, 0.25) is 5.91 Å². The van der Waals surface area contributed by atoms with Crippen molar-refractivity contribution in [2.75, 3.05) is 11.4 Å². The predicted molar refractivity (Wildman–Crippen MR) is 76.0 cm³/mol. The lowest BCUT2D eigenvalue weighted by Gasteiger charge is -2.32. The van der Waals surface area contributed by atoms with Crippen molar-refractivity contribution in [3.8, 4) is 0 Å². The molecule has 1 aliphatic heterocycles. The van der Waals surface area contributed by atoms with Gasteiger partial charge in [0.15, 0.2) is 0 Å². The number of benzene rings is 1. The Morgan fingerprint density at radius 3 is 2.84 bits per heavy atom. The lowest BCUT2D eigenvalue weighted by atomic mass is 10.1. The number of thioether (sulfide) groups is 1. The van der Waals surface area contributed by atoms with E-state index >= 15 is 0 Å². The Bertz CT molecular complexity index is 515. The molecule has 4 nitrogen and oxygen atoms in total. The topological polar surface area (TPSA) is 57.6 Å². The Hall–Kier alpha value is -1.49. The van der Waals surface area contributed by atoms with Gasteiger partial charge in [-0.3, -0.25) is 4.79 Å². The number of carboxylic acids is 1. The van der Waals surface area contributed by atoms with Gasteiger partial charge in [-0.2, -0.15) is 0 Å². The van der Waals surface area contributed by atoms with E-state index in [1.165, 1.54) is 11.8 Å². The van der Waals surface area contributed by atoms with Crippen LogP contribution in [0.3, 0.4) is 0 Å². The number of nitrogens with zero attached hydrogens (tertiary/aromatic N) is 1. The normalized spacial score (nSPS) is 18.3. The summed E-state index contributed by atoms with van der Waals surface area (Å²) in [6.07, 6.45) is 1.92. The highest BCUT2D eigenvalue weighted by atomic mass is 32.2. The lowest BCUT2D eigenvalue weighted by Crippen LogP contribution is -2.40. The molecule has 19 heavy (non-hydrogen) atoms. The number of rotatable bonds is 4. The molecule has 1 heterocycles. The van der Waals surface area contributed by atoms with Gasteiger partial charge in [0, 0.05) is 11.4 Å². The Kier molecular flexibility index (Phi) is 4.14. The van der Waals surface area contributed by atoms with Crippen molar-refractivity contribution >= 4 is 29.3 Å². The van der Waals surface area contributed by atoms with E-state index in [1.807, 2.05) is 6.92 Å². The van der Waals surface area contributed by atoms with Gasteiger partial charge in [-0.15, -0.1) is 11.8 Å². The van der Waals surface area contributed by atoms with Crippen molar-refractivity contribution in [3.05, 3.63) is 23.8 Å². The van der Waals surface area contributed by atoms with Crippen molar-refractivity contribution in [2.45, 2.75) is 36.8 Å². The fraction of sp³-hybridized carbons (Fsp3) is 0.429. The molecule has 1 aromatic rings. The predicted octanol–water partition coefficient (Wildman–Crippen LogP) is 3.01. The first-order valence-electron chi connectivity index (χ1n) is 6.40. The van der Waals surface area contributed by atoms with Crippen molar-refractivity contribution in [1.29, 1.82) is 0 Å². The second kappa shape index (κ2) is 5.65. The molecule has 1 atom stereocenters. The van der Waals surface area contributed by atoms with Crippen molar-refractivity contribution < 1.29 is 14.7 Å². The molecule has 1 N–H and O–H groups in total. The molecule has 0 saturated carbocycles. The fourth-order valence-electron chi connectivity index (χ4n) is 2.09. The van der Waals surface area contributed by atoms with E-state index < -0.39 is 5.97 Å².